The highest BCUT2D eigenvalue weighted by atomic mass is 16.2. The summed E-state index contributed by atoms with van der Waals surface area (Å²) in [6, 6.07) is 14.3. The van der Waals surface area contributed by atoms with Crippen molar-refractivity contribution >= 4 is 29.1 Å². The van der Waals surface area contributed by atoms with Gasteiger partial charge in [-0.3, -0.25) is 14.4 Å². The Bertz CT molecular complexity index is 828. The Balaban J connectivity index is 1.64. The fourth-order valence-electron chi connectivity index (χ4n) is 2.95. The molecule has 0 unspecified atom stereocenters. The molecule has 1 fully saturated rings. The van der Waals surface area contributed by atoms with Crippen molar-refractivity contribution in [1.82, 2.24) is 5.32 Å². The minimum atomic E-state index is -0.401. The number of hydrogen-bond donors (Lipinski definition) is 2. The molecule has 2 aromatic rings. The lowest BCUT2D eigenvalue weighted by atomic mass is 10.1. The van der Waals surface area contributed by atoms with Crippen LogP contribution in [0.2, 0.25) is 0 Å². The zero-order chi connectivity index (χ0) is 18.7. The molecule has 0 aromatic heterocycles. The summed E-state index contributed by atoms with van der Waals surface area (Å²) in [5, 5.41) is 5.37. The van der Waals surface area contributed by atoms with E-state index in [9.17, 15) is 14.4 Å². The van der Waals surface area contributed by atoms with E-state index in [0.717, 1.165) is 11.3 Å². The molecule has 26 heavy (non-hydrogen) atoms. The van der Waals surface area contributed by atoms with Crippen molar-refractivity contribution in [2.75, 3.05) is 23.8 Å². The number of carbonyl (C=O) groups is 3. The van der Waals surface area contributed by atoms with Crippen LogP contribution in [0.25, 0.3) is 0 Å². The molecule has 0 radical (unpaired) electrons. The second kappa shape index (κ2) is 7.39. The van der Waals surface area contributed by atoms with Gasteiger partial charge in [0.2, 0.25) is 11.8 Å². The summed E-state index contributed by atoms with van der Waals surface area (Å²) < 4.78 is 0. The van der Waals surface area contributed by atoms with E-state index in [1.54, 1.807) is 36.2 Å². The lowest BCUT2D eigenvalue weighted by Gasteiger charge is -2.17. The van der Waals surface area contributed by atoms with Gasteiger partial charge in [0.1, 0.15) is 0 Å². The van der Waals surface area contributed by atoms with Crippen molar-refractivity contribution < 1.29 is 14.4 Å². The zero-order valence-electron chi connectivity index (χ0n) is 14.8. The van der Waals surface area contributed by atoms with Crippen molar-refractivity contribution in [3.8, 4) is 0 Å². The molecule has 0 saturated carbocycles. The number of amides is 3. The SMILES string of the molecule is CNC(=O)c1ccc(NC(=O)[C@H]2CC(=O)N(c3ccc(C)cc3)C2)cc1. The molecular formula is C20H21N3O3. The van der Waals surface area contributed by atoms with E-state index >= 15 is 0 Å². The van der Waals surface area contributed by atoms with Crippen molar-refractivity contribution in [3.05, 3.63) is 59.7 Å². The van der Waals surface area contributed by atoms with Gasteiger partial charge in [-0.15, -0.1) is 0 Å². The maximum absolute atomic E-state index is 12.5. The molecule has 2 aromatic carbocycles. The lowest BCUT2D eigenvalue weighted by molar-refractivity contribution is -0.122. The standard InChI is InChI=1S/C20H21N3O3/c1-13-3-9-17(10-4-13)23-12-15(11-18(23)24)20(26)22-16-7-5-14(6-8-16)19(25)21-2/h3-10,15H,11-12H2,1-2H3,(H,21,25)(H,22,26)/t15-/m0/s1. The first-order valence-corrected chi connectivity index (χ1v) is 8.48. The number of anilines is 2. The Hall–Kier alpha value is -3.15. The first-order chi connectivity index (χ1) is 12.5. The van der Waals surface area contributed by atoms with Gasteiger partial charge in [0.15, 0.2) is 0 Å². The molecule has 1 saturated heterocycles. The maximum atomic E-state index is 12.5. The second-order valence-corrected chi connectivity index (χ2v) is 6.39. The van der Waals surface area contributed by atoms with Crippen LogP contribution in [0.5, 0.6) is 0 Å². The third kappa shape index (κ3) is 3.74. The van der Waals surface area contributed by atoms with Gasteiger partial charge in [-0.2, -0.15) is 0 Å². The highest BCUT2D eigenvalue weighted by molar-refractivity contribution is 6.03. The number of nitrogens with one attached hydrogen (secondary N) is 2. The summed E-state index contributed by atoms with van der Waals surface area (Å²) in [7, 11) is 1.56. The average Bonchev–Trinajstić information content (AvgIpc) is 3.04. The normalized spacial score (nSPS) is 16.5. The van der Waals surface area contributed by atoms with E-state index in [4.69, 9.17) is 0 Å². The number of rotatable bonds is 4. The van der Waals surface area contributed by atoms with Crippen LogP contribution in [0.15, 0.2) is 48.5 Å². The van der Waals surface area contributed by atoms with Crippen LogP contribution in [0.4, 0.5) is 11.4 Å². The third-order valence-electron chi connectivity index (χ3n) is 4.48. The molecule has 3 rings (SSSR count). The summed E-state index contributed by atoms with van der Waals surface area (Å²) in [5.41, 5.74) is 3.05. The van der Waals surface area contributed by atoms with E-state index in [-0.39, 0.29) is 24.1 Å². The molecule has 1 aliphatic heterocycles. The Morgan fingerprint density at radius 1 is 1.04 bits per heavy atom. The van der Waals surface area contributed by atoms with Crippen LogP contribution in [-0.4, -0.2) is 31.3 Å². The fourth-order valence-corrected chi connectivity index (χ4v) is 2.95. The number of nitrogens with zero attached hydrogens (tertiary/aromatic N) is 1. The van der Waals surface area contributed by atoms with E-state index in [0.29, 0.717) is 17.8 Å². The lowest BCUT2D eigenvalue weighted by Crippen LogP contribution is -2.28. The number of benzene rings is 2. The van der Waals surface area contributed by atoms with Gasteiger partial charge in [-0.25, -0.2) is 0 Å². The molecule has 0 aliphatic carbocycles. The van der Waals surface area contributed by atoms with Crippen LogP contribution < -0.4 is 15.5 Å². The maximum Gasteiger partial charge on any atom is 0.251 e. The first kappa shape index (κ1) is 17.7. The molecule has 3 amide bonds. The third-order valence-corrected chi connectivity index (χ3v) is 4.48. The van der Waals surface area contributed by atoms with E-state index in [2.05, 4.69) is 10.6 Å². The van der Waals surface area contributed by atoms with Gasteiger partial charge >= 0.3 is 0 Å². The average molecular weight is 351 g/mol. The number of hydrogen-bond acceptors (Lipinski definition) is 3. The minimum Gasteiger partial charge on any atom is -0.355 e. The van der Waals surface area contributed by atoms with E-state index in [1.165, 1.54) is 0 Å². The highest BCUT2D eigenvalue weighted by Gasteiger charge is 2.35. The molecule has 0 bridgehead atoms. The van der Waals surface area contributed by atoms with Gasteiger partial charge in [0, 0.05) is 37.0 Å². The Morgan fingerprint density at radius 2 is 1.69 bits per heavy atom. The first-order valence-electron chi connectivity index (χ1n) is 8.48. The van der Waals surface area contributed by atoms with E-state index in [1.807, 2.05) is 31.2 Å². The quantitative estimate of drug-likeness (QED) is 0.887. The molecule has 6 heteroatoms. The fraction of sp³-hybridized carbons (Fsp3) is 0.250. The van der Waals surface area contributed by atoms with Crippen LogP contribution in [0, 0.1) is 12.8 Å². The zero-order valence-corrected chi connectivity index (χ0v) is 14.8. The van der Waals surface area contributed by atoms with Gasteiger partial charge in [-0.1, -0.05) is 17.7 Å². The summed E-state index contributed by atoms with van der Waals surface area (Å²) in [4.78, 5) is 38.0. The second-order valence-electron chi connectivity index (χ2n) is 6.39. The predicted octanol–water partition coefficient (Wildman–Crippen LogP) is 2.35. The highest BCUT2D eigenvalue weighted by Crippen LogP contribution is 2.26. The van der Waals surface area contributed by atoms with Gasteiger partial charge in [0.05, 0.1) is 5.92 Å². The van der Waals surface area contributed by atoms with Crippen LogP contribution in [-0.2, 0) is 9.59 Å². The number of aryl methyl sites for hydroxylation is 1. The molecule has 1 atom stereocenters. The van der Waals surface area contributed by atoms with Crippen LogP contribution in [0.1, 0.15) is 22.3 Å². The molecule has 1 heterocycles. The Kier molecular flexibility index (Phi) is 5.02. The molecule has 1 aliphatic rings. The Labute approximate surface area is 152 Å². The Morgan fingerprint density at radius 3 is 2.31 bits per heavy atom. The molecular weight excluding hydrogens is 330 g/mol. The summed E-state index contributed by atoms with van der Waals surface area (Å²) in [5.74, 6) is -0.829. The van der Waals surface area contributed by atoms with Crippen molar-refractivity contribution in [1.29, 1.82) is 0 Å². The molecule has 6 nitrogen and oxygen atoms in total. The van der Waals surface area contributed by atoms with Gasteiger partial charge < -0.3 is 15.5 Å². The van der Waals surface area contributed by atoms with E-state index < -0.39 is 5.92 Å². The van der Waals surface area contributed by atoms with Crippen molar-refractivity contribution in [3.63, 3.8) is 0 Å². The summed E-state index contributed by atoms with van der Waals surface area (Å²) in [6.07, 6.45) is 0.191. The smallest absolute Gasteiger partial charge is 0.251 e. The summed E-state index contributed by atoms with van der Waals surface area (Å²) in [6.45, 7) is 2.35. The largest absolute Gasteiger partial charge is 0.355 e. The predicted molar refractivity (Wildman–Crippen MR) is 100 cm³/mol. The summed E-state index contributed by atoms with van der Waals surface area (Å²) >= 11 is 0. The molecule has 2 N–H and O–H groups in total. The van der Waals surface area contributed by atoms with Crippen LogP contribution in [0.3, 0.4) is 0 Å². The van der Waals surface area contributed by atoms with Gasteiger partial charge in [0.25, 0.3) is 5.91 Å². The molecule has 0 spiro atoms. The van der Waals surface area contributed by atoms with Gasteiger partial charge in [-0.05, 0) is 43.3 Å². The minimum absolute atomic E-state index is 0.0519. The van der Waals surface area contributed by atoms with Crippen LogP contribution >= 0.6 is 0 Å². The topological polar surface area (TPSA) is 78.5 Å². The molecule has 134 valence electrons. The van der Waals surface area contributed by atoms with Crippen molar-refractivity contribution in [2.45, 2.75) is 13.3 Å². The number of carbonyl (C=O) groups excluding carboxylic acids is 3. The monoisotopic (exact) mass is 351 g/mol. The van der Waals surface area contributed by atoms with Crippen molar-refractivity contribution in [2.24, 2.45) is 5.92 Å².